The van der Waals surface area contributed by atoms with Gasteiger partial charge in [-0.3, -0.25) is 4.79 Å². The normalized spacial score (nSPS) is 16.8. The molecule has 2 heterocycles. The van der Waals surface area contributed by atoms with Crippen LogP contribution < -0.4 is 10.1 Å². The standard InChI is InChI=1S/C22H23ClF5N3O4S/c1-21(2,3)35-20(33)31-4-5-36-10-11(31)9-29-18(32)16-8-15(23)13-6-12(34-19(24)25)7-14(17(13)30-16)22(26,27)28/h6-8,11,19H,4-5,9-10H2,1-3H3,(H,29,32). The van der Waals surface area contributed by atoms with E-state index in [4.69, 9.17) is 16.3 Å². The summed E-state index contributed by atoms with van der Waals surface area (Å²) in [6.45, 7) is 2.24. The Morgan fingerprint density at radius 2 is 1.94 bits per heavy atom. The van der Waals surface area contributed by atoms with E-state index in [9.17, 15) is 31.5 Å². The number of rotatable bonds is 5. The number of carbonyl (C=O) groups excluding carboxylic acids is 2. The molecule has 198 valence electrons. The first kappa shape index (κ1) is 28.0. The molecule has 1 aromatic heterocycles. The van der Waals surface area contributed by atoms with Crippen molar-refractivity contribution in [2.75, 3.05) is 24.6 Å². The Labute approximate surface area is 212 Å². The van der Waals surface area contributed by atoms with Crippen molar-refractivity contribution < 1.29 is 41.0 Å². The monoisotopic (exact) mass is 555 g/mol. The second-order valence-corrected chi connectivity index (χ2v) is 10.4. The van der Waals surface area contributed by atoms with Crippen molar-refractivity contribution in [1.82, 2.24) is 15.2 Å². The van der Waals surface area contributed by atoms with Gasteiger partial charge in [-0.1, -0.05) is 11.6 Å². The lowest BCUT2D eigenvalue weighted by molar-refractivity contribution is -0.136. The van der Waals surface area contributed by atoms with Gasteiger partial charge in [-0.05, 0) is 39.0 Å². The highest BCUT2D eigenvalue weighted by molar-refractivity contribution is 7.99. The highest BCUT2D eigenvalue weighted by atomic mass is 35.5. The molecular weight excluding hydrogens is 533 g/mol. The Hall–Kier alpha value is -2.54. The van der Waals surface area contributed by atoms with Crippen molar-refractivity contribution in [3.05, 3.63) is 34.5 Å². The molecule has 0 radical (unpaired) electrons. The van der Waals surface area contributed by atoms with Gasteiger partial charge in [0, 0.05) is 30.0 Å². The van der Waals surface area contributed by atoms with E-state index >= 15 is 0 Å². The van der Waals surface area contributed by atoms with E-state index in [2.05, 4.69) is 15.0 Å². The molecule has 36 heavy (non-hydrogen) atoms. The first-order valence-electron chi connectivity index (χ1n) is 10.7. The summed E-state index contributed by atoms with van der Waals surface area (Å²) in [5, 5.41) is 1.96. The van der Waals surface area contributed by atoms with E-state index < -0.39 is 59.0 Å². The third-order valence-electron chi connectivity index (χ3n) is 4.95. The van der Waals surface area contributed by atoms with Crippen LogP contribution in [0.15, 0.2) is 18.2 Å². The molecular formula is C22H23ClF5N3O4S. The van der Waals surface area contributed by atoms with E-state index in [0.717, 1.165) is 12.1 Å². The molecule has 3 rings (SSSR count). The number of hydrogen-bond acceptors (Lipinski definition) is 6. The number of carbonyl (C=O) groups is 2. The predicted octanol–water partition coefficient (Wildman–Crippen LogP) is 5.59. The van der Waals surface area contributed by atoms with Crippen LogP contribution >= 0.6 is 23.4 Å². The number of aromatic nitrogens is 1. The summed E-state index contributed by atoms with van der Waals surface area (Å²) in [6, 6.07) is 1.88. The number of thioether (sulfide) groups is 1. The Morgan fingerprint density at radius 3 is 2.56 bits per heavy atom. The Bertz CT molecular complexity index is 1140. The maximum atomic E-state index is 13.6. The van der Waals surface area contributed by atoms with Gasteiger partial charge in [-0.2, -0.15) is 33.7 Å². The van der Waals surface area contributed by atoms with E-state index in [-0.39, 0.29) is 17.0 Å². The zero-order chi connectivity index (χ0) is 26.8. The SMILES string of the molecule is CC(C)(C)OC(=O)N1CCSCC1CNC(=O)c1cc(Cl)c2cc(OC(F)F)cc(C(F)(F)F)c2n1. The second-order valence-electron chi connectivity index (χ2n) is 8.85. The predicted molar refractivity (Wildman–Crippen MR) is 125 cm³/mol. The number of fused-ring (bicyclic) bond motifs is 1. The van der Waals surface area contributed by atoms with Gasteiger partial charge in [0.15, 0.2) is 0 Å². The third kappa shape index (κ3) is 7.02. The summed E-state index contributed by atoms with van der Waals surface area (Å²) in [6.07, 6.45) is -5.52. The number of nitrogens with one attached hydrogen (secondary N) is 1. The average Bonchev–Trinajstić information content (AvgIpc) is 2.75. The molecule has 1 aliphatic heterocycles. The van der Waals surface area contributed by atoms with Gasteiger partial charge in [0.2, 0.25) is 0 Å². The zero-order valence-electron chi connectivity index (χ0n) is 19.4. The van der Waals surface area contributed by atoms with E-state index in [1.54, 1.807) is 32.5 Å². The Kier molecular flexibility index (Phi) is 8.44. The second kappa shape index (κ2) is 10.8. The van der Waals surface area contributed by atoms with Gasteiger partial charge >= 0.3 is 18.9 Å². The van der Waals surface area contributed by atoms with Crippen molar-refractivity contribution >= 4 is 46.3 Å². The molecule has 7 nitrogen and oxygen atoms in total. The van der Waals surface area contributed by atoms with Gasteiger partial charge in [-0.15, -0.1) is 0 Å². The smallest absolute Gasteiger partial charge is 0.418 e. The third-order valence-corrected chi connectivity index (χ3v) is 6.36. The zero-order valence-corrected chi connectivity index (χ0v) is 21.0. The number of benzene rings is 1. The minimum absolute atomic E-state index is 0.00426. The molecule has 1 aromatic carbocycles. The van der Waals surface area contributed by atoms with Crippen LogP contribution in [0, 0.1) is 0 Å². The van der Waals surface area contributed by atoms with Crippen LogP contribution in [0.25, 0.3) is 10.9 Å². The minimum Gasteiger partial charge on any atom is -0.444 e. The van der Waals surface area contributed by atoms with Gasteiger partial charge < -0.3 is 19.7 Å². The lowest BCUT2D eigenvalue weighted by Crippen LogP contribution is -2.52. The summed E-state index contributed by atoms with van der Waals surface area (Å²) in [4.78, 5) is 30.6. The van der Waals surface area contributed by atoms with Crippen molar-refractivity contribution in [3.63, 3.8) is 0 Å². The number of halogens is 6. The van der Waals surface area contributed by atoms with Crippen molar-refractivity contribution in [2.24, 2.45) is 0 Å². The Balaban J connectivity index is 1.85. The van der Waals surface area contributed by atoms with Crippen LogP contribution in [-0.2, 0) is 10.9 Å². The fraction of sp³-hybridized carbons (Fsp3) is 0.500. The number of ether oxygens (including phenoxy) is 2. The number of alkyl halides is 5. The maximum absolute atomic E-state index is 13.6. The molecule has 1 saturated heterocycles. The van der Waals surface area contributed by atoms with E-state index in [1.807, 2.05) is 0 Å². The van der Waals surface area contributed by atoms with Crippen molar-refractivity contribution in [1.29, 1.82) is 0 Å². The van der Waals surface area contributed by atoms with Gasteiger partial charge in [0.25, 0.3) is 5.91 Å². The summed E-state index contributed by atoms with van der Waals surface area (Å²) in [7, 11) is 0. The van der Waals surface area contributed by atoms with Crippen molar-refractivity contribution in [2.45, 2.75) is 45.2 Å². The van der Waals surface area contributed by atoms with Gasteiger partial charge in [0.1, 0.15) is 17.0 Å². The fourth-order valence-electron chi connectivity index (χ4n) is 3.45. The first-order valence-corrected chi connectivity index (χ1v) is 12.2. The first-order chi connectivity index (χ1) is 16.7. The van der Waals surface area contributed by atoms with Gasteiger partial charge in [-0.25, -0.2) is 9.78 Å². The minimum atomic E-state index is -4.99. The number of pyridine rings is 1. The number of amides is 2. The molecule has 0 spiro atoms. The molecule has 1 fully saturated rings. The van der Waals surface area contributed by atoms with E-state index in [0.29, 0.717) is 24.1 Å². The molecule has 1 unspecified atom stereocenters. The molecule has 1 aliphatic rings. The van der Waals surface area contributed by atoms with E-state index in [1.165, 1.54) is 4.90 Å². The van der Waals surface area contributed by atoms with Crippen LogP contribution in [0.1, 0.15) is 36.8 Å². The summed E-state index contributed by atoms with van der Waals surface area (Å²) < 4.78 is 75.6. The van der Waals surface area contributed by atoms with Gasteiger partial charge in [0.05, 0.1) is 22.1 Å². The van der Waals surface area contributed by atoms with Crippen LogP contribution in [-0.4, -0.2) is 64.7 Å². The molecule has 0 aliphatic carbocycles. The van der Waals surface area contributed by atoms with Crippen molar-refractivity contribution in [3.8, 4) is 5.75 Å². The molecule has 2 aromatic rings. The number of hydrogen-bond donors (Lipinski definition) is 1. The molecule has 0 bridgehead atoms. The lowest BCUT2D eigenvalue weighted by atomic mass is 10.1. The molecule has 1 N–H and O–H groups in total. The number of nitrogens with zero attached hydrogens (tertiary/aromatic N) is 2. The van der Waals surface area contributed by atoms with Crippen LogP contribution in [0.3, 0.4) is 0 Å². The quantitative estimate of drug-likeness (QED) is 0.485. The summed E-state index contributed by atoms with van der Waals surface area (Å²) in [5.74, 6) is -0.373. The topological polar surface area (TPSA) is 80.8 Å². The molecule has 14 heteroatoms. The molecule has 0 saturated carbocycles. The summed E-state index contributed by atoms with van der Waals surface area (Å²) in [5.41, 5.74) is -3.19. The average molecular weight is 556 g/mol. The van der Waals surface area contributed by atoms with Crippen LogP contribution in [0.4, 0.5) is 26.7 Å². The maximum Gasteiger partial charge on any atom is 0.418 e. The highest BCUT2D eigenvalue weighted by Gasteiger charge is 2.36. The van der Waals surface area contributed by atoms with Crippen LogP contribution in [0.5, 0.6) is 5.75 Å². The largest absolute Gasteiger partial charge is 0.444 e. The van der Waals surface area contributed by atoms with Crippen LogP contribution in [0.2, 0.25) is 5.02 Å². The molecule has 1 atom stereocenters. The Morgan fingerprint density at radius 1 is 1.25 bits per heavy atom. The summed E-state index contributed by atoms with van der Waals surface area (Å²) >= 11 is 7.69. The fourth-order valence-corrected chi connectivity index (χ4v) is 4.76. The molecule has 2 amide bonds. The highest BCUT2D eigenvalue weighted by Crippen LogP contribution is 2.39. The lowest BCUT2D eigenvalue weighted by Gasteiger charge is -2.36.